The number of carbonyl (C=O) groups is 1. The number of pyridine rings is 1. The van der Waals surface area contributed by atoms with Crippen LogP contribution in [0.3, 0.4) is 0 Å². The largest absolute Gasteiger partial charge is 0.469 e. The molecule has 0 radical (unpaired) electrons. The molecule has 0 unspecified atom stereocenters. The van der Waals surface area contributed by atoms with Gasteiger partial charge < -0.3 is 23.5 Å². The number of methoxy groups -OCH3 is 2. The third kappa shape index (κ3) is 5.83. The van der Waals surface area contributed by atoms with Crippen LogP contribution in [0.15, 0.2) is 48.9 Å². The molecule has 216 valence electrons. The first-order valence-electron chi connectivity index (χ1n) is 13.1. The summed E-state index contributed by atoms with van der Waals surface area (Å²) in [5.41, 5.74) is 2.23. The molecular formula is C29H30F3N5O4. The summed E-state index contributed by atoms with van der Waals surface area (Å²) in [6.07, 6.45) is 6.12. The van der Waals surface area contributed by atoms with E-state index in [-0.39, 0.29) is 30.3 Å². The molecule has 0 saturated carbocycles. The summed E-state index contributed by atoms with van der Waals surface area (Å²) >= 11 is 0. The van der Waals surface area contributed by atoms with Crippen LogP contribution in [0.2, 0.25) is 0 Å². The van der Waals surface area contributed by atoms with E-state index in [1.165, 1.54) is 26.4 Å². The molecule has 0 N–H and O–H groups in total. The van der Waals surface area contributed by atoms with Crippen molar-refractivity contribution in [1.82, 2.24) is 19.4 Å². The van der Waals surface area contributed by atoms with E-state index in [0.29, 0.717) is 60.0 Å². The zero-order chi connectivity index (χ0) is 29.1. The summed E-state index contributed by atoms with van der Waals surface area (Å²) in [5.74, 6) is -0.195. The molecule has 1 aromatic carbocycles. The van der Waals surface area contributed by atoms with Crippen LogP contribution in [0.25, 0.3) is 16.8 Å². The van der Waals surface area contributed by atoms with Gasteiger partial charge in [-0.2, -0.15) is 8.78 Å². The molecule has 1 aliphatic rings. The second-order valence-corrected chi connectivity index (χ2v) is 10.2. The van der Waals surface area contributed by atoms with Gasteiger partial charge in [0.25, 0.3) is 0 Å². The molecule has 9 nitrogen and oxygen atoms in total. The Balaban J connectivity index is 1.45. The average molecular weight is 570 g/mol. The third-order valence-corrected chi connectivity index (χ3v) is 7.50. The van der Waals surface area contributed by atoms with Crippen molar-refractivity contribution in [2.24, 2.45) is 5.41 Å². The maximum Gasteiger partial charge on any atom is 0.387 e. The number of aromatic nitrogens is 4. The van der Waals surface area contributed by atoms with Crippen molar-refractivity contribution >= 4 is 17.6 Å². The number of carbonyl (C=O) groups excluding carboxylic acids is 1. The first kappa shape index (κ1) is 28.3. The molecule has 0 amide bonds. The Hall–Kier alpha value is -4.19. The number of ether oxygens (including phenoxy) is 3. The van der Waals surface area contributed by atoms with Crippen LogP contribution in [0, 0.1) is 11.2 Å². The number of piperidine rings is 1. The Bertz CT molecular complexity index is 1540. The van der Waals surface area contributed by atoms with Gasteiger partial charge in [0.2, 0.25) is 5.95 Å². The number of alkyl halides is 2. The minimum Gasteiger partial charge on any atom is -0.469 e. The molecule has 12 heteroatoms. The quantitative estimate of drug-likeness (QED) is 0.259. The minimum absolute atomic E-state index is 0.0526. The molecule has 0 spiro atoms. The number of esters is 1. The van der Waals surface area contributed by atoms with Gasteiger partial charge in [-0.25, -0.2) is 19.3 Å². The van der Waals surface area contributed by atoms with E-state index in [1.54, 1.807) is 41.2 Å². The van der Waals surface area contributed by atoms with E-state index >= 15 is 4.39 Å². The van der Waals surface area contributed by atoms with E-state index in [1.807, 2.05) is 11.8 Å². The minimum atomic E-state index is -2.97. The first-order chi connectivity index (χ1) is 19.7. The number of imidazole rings is 1. The van der Waals surface area contributed by atoms with Crippen molar-refractivity contribution in [2.45, 2.75) is 39.4 Å². The third-order valence-electron chi connectivity index (χ3n) is 7.50. The fourth-order valence-corrected chi connectivity index (χ4v) is 5.13. The van der Waals surface area contributed by atoms with E-state index < -0.39 is 17.8 Å². The number of nitrogens with zero attached hydrogens (tertiary/aromatic N) is 5. The van der Waals surface area contributed by atoms with E-state index in [0.717, 1.165) is 0 Å². The van der Waals surface area contributed by atoms with Gasteiger partial charge in [0.15, 0.2) is 0 Å². The summed E-state index contributed by atoms with van der Waals surface area (Å²) in [6, 6.07) is 7.83. The van der Waals surface area contributed by atoms with Crippen molar-refractivity contribution < 1.29 is 32.2 Å². The predicted molar refractivity (Wildman–Crippen MR) is 144 cm³/mol. The molecule has 3 aromatic heterocycles. The van der Waals surface area contributed by atoms with Crippen molar-refractivity contribution in [1.29, 1.82) is 0 Å². The molecule has 0 bridgehead atoms. The molecular weight excluding hydrogens is 539 g/mol. The topological polar surface area (TPSA) is 91.1 Å². The number of benzene rings is 1. The summed E-state index contributed by atoms with van der Waals surface area (Å²) in [5, 5.41) is 0. The number of rotatable bonds is 9. The Morgan fingerprint density at radius 1 is 1.12 bits per heavy atom. The zero-order valence-electron chi connectivity index (χ0n) is 22.9. The monoisotopic (exact) mass is 569 g/mol. The van der Waals surface area contributed by atoms with Crippen LogP contribution in [0.5, 0.6) is 5.75 Å². The fraction of sp³-hybridized carbons (Fsp3) is 0.379. The standard InChI is InChI=1S/C29H30F3N5O4/c1-29(26(38)40-3)8-10-36(11-9-29)28-33-14-19(15-34-28)20-16-37-23(22(17-39-2)35-25(37)13-21(20)30)12-18-6-4-5-7-24(18)41-27(31)32/h4-7,13-16,27H,8-12,17H2,1-3H3. The van der Waals surface area contributed by atoms with Crippen molar-refractivity contribution in [3.63, 3.8) is 0 Å². The lowest BCUT2D eigenvalue weighted by Crippen LogP contribution is -2.43. The lowest BCUT2D eigenvalue weighted by atomic mass is 9.80. The molecule has 41 heavy (non-hydrogen) atoms. The van der Waals surface area contributed by atoms with E-state index in [4.69, 9.17) is 14.2 Å². The van der Waals surface area contributed by atoms with E-state index in [2.05, 4.69) is 15.0 Å². The molecule has 0 atom stereocenters. The number of para-hydroxylation sites is 1. The van der Waals surface area contributed by atoms with Gasteiger partial charge >= 0.3 is 12.6 Å². The van der Waals surface area contributed by atoms with Crippen LogP contribution < -0.4 is 9.64 Å². The Morgan fingerprint density at radius 2 is 1.83 bits per heavy atom. The van der Waals surface area contributed by atoms with Crippen LogP contribution in [0.4, 0.5) is 19.1 Å². The van der Waals surface area contributed by atoms with Crippen LogP contribution in [-0.4, -0.2) is 59.2 Å². The van der Waals surface area contributed by atoms with Crippen LogP contribution >= 0.6 is 0 Å². The normalized spacial score (nSPS) is 15.0. The molecule has 5 rings (SSSR count). The maximum atomic E-state index is 15.3. The molecule has 0 aliphatic carbocycles. The molecule has 1 fully saturated rings. The van der Waals surface area contributed by atoms with Crippen molar-refractivity contribution in [3.8, 4) is 16.9 Å². The molecule has 1 saturated heterocycles. The average Bonchev–Trinajstić information content (AvgIpc) is 3.29. The number of hydrogen-bond donors (Lipinski definition) is 0. The first-order valence-corrected chi connectivity index (χ1v) is 13.1. The smallest absolute Gasteiger partial charge is 0.387 e. The fourth-order valence-electron chi connectivity index (χ4n) is 5.13. The summed E-state index contributed by atoms with van der Waals surface area (Å²) < 4.78 is 58.0. The molecule has 4 aromatic rings. The highest BCUT2D eigenvalue weighted by Gasteiger charge is 2.38. The Morgan fingerprint density at radius 3 is 2.49 bits per heavy atom. The Kier molecular flexibility index (Phi) is 8.11. The highest BCUT2D eigenvalue weighted by atomic mass is 19.3. The SMILES string of the molecule is COCc1nc2cc(F)c(-c3cnc(N4CCC(C)(C(=O)OC)CC4)nc3)cn2c1Cc1ccccc1OC(F)F. The lowest BCUT2D eigenvalue weighted by Gasteiger charge is -2.37. The van der Waals surface area contributed by atoms with Crippen LogP contribution in [-0.2, 0) is 27.3 Å². The number of halogens is 3. The second-order valence-electron chi connectivity index (χ2n) is 10.2. The Labute approximate surface area is 234 Å². The number of anilines is 1. The van der Waals surface area contributed by atoms with Crippen LogP contribution in [0.1, 0.15) is 36.7 Å². The van der Waals surface area contributed by atoms with Gasteiger partial charge in [0, 0.05) is 68.0 Å². The van der Waals surface area contributed by atoms with Gasteiger partial charge in [-0.3, -0.25) is 4.79 Å². The predicted octanol–water partition coefficient (Wildman–Crippen LogP) is 5.05. The van der Waals surface area contributed by atoms with Gasteiger partial charge in [-0.15, -0.1) is 0 Å². The molecule has 1 aliphatic heterocycles. The summed E-state index contributed by atoms with van der Waals surface area (Å²) in [6.45, 7) is 0.244. The summed E-state index contributed by atoms with van der Waals surface area (Å²) in [4.78, 5) is 27.6. The second kappa shape index (κ2) is 11.7. The lowest BCUT2D eigenvalue weighted by molar-refractivity contribution is -0.152. The van der Waals surface area contributed by atoms with Gasteiger partial charge in [0.1, 0.15) is 17.2 Å². The number of fused-ring (bicyclic) bond motifs is 1. The van der Waals surface area contributed by atoms with Gasteiger partial charge in [-0.05, 0) is 25.8 Å². The highest BCUT2D eigenvalue weighted by Crippen LogP contribution is 2.34. The van der Waals surface area contributed by atoms with Gasteiger partial charge in [-0.1, -0.05) is 18.2 Å². The number of hydrogen-bond acceptors (Lipinski definition) is 8. The van der Waals surface area contributed by atoms with Crippen molar-refractivity contribution in [3.05, 3.63) is 71.7 Å². The summed E-state index contributed by atoms with van der Waals surface area (Å²) in [7, 11) is 2.91. The molecule has 4 heterocycles. The maximum absolute atomic E-state index is 15.3. The van der Waals surface area contributed by atoms with Gasteiger partial charge in [0.05, 0.1) is 30.5 Å². The van der Waals surface area contributed by atoms with Crippen molar-refractivity contribution in [2.75, 3.05) is 32.2 Å². The van der Waals surface area contributed by atoms with E-state index in [9.17, 15) is 13.6 Å². The highest BCUT2D eigenvalue weighted by molar-refractivity contribution is 5.76. The zero-order valence-corrected chi connectivity index (χ0v) is 22.9.